The van der Waals surface area contributed by atoms with Crippen LogP contribution in [0.2, 0.25) is 0 Å². The van der Waals surface area contributed by atoms with Crippen molar-refractivity contribution in [3.63, 3.8) is 0 Å². The highest BCUT2D eigenvalue weighted by Gasteiger charge is 2.75. The van der Waals surface area contributed by atoms with Crippen molar-refractivity contribution in [2.24, 2.45) is 34.5 Å². The molecule has 0 bridgehead atoms. The van der Waals surface area contributed by atoms with Gasteiger partial charge in [0.2, 0.25) is 0 Å². The van der Waals surface area contributed by atoms with Gasteiger partial charge in [0, 0.05) is 35.8 Å². The number of carbonyl (C=O) groups is 2. The second-order valence-electron chi connectivity index (χ2n) is 12.5. The van der Waals surface area contributed by atoms with Gasteiger partial charge in [-0.1, -0.05) is 55.8 Å². The fourth-order valence-corrected chi connectivity index (χ4v) is 9.30. The van der Waals surface area contributed by atoms with E-state index in [2.05, 4.69) is 38.1 Å². The largest absolute Gasteiger partial charge is 0.393 e. The smallest absolute Gasteiger partial charge is 0.192 e. The number of aryl methyl sites for hydroxylation is 1. The van der Waals surface area contributed by atoms with Gasteiger partial charge in [-0.25, -0.2) is 0 Å². The van der Waals surface area contributed by atoms with Gasteiger partial charge in [-0.3, -0.25) is 14.4 Å². The maximum Gasteiger partial charge on any atom is 0.192 e. The van der Waals surface area contributed by atoms with E-state index < -0.39 is 23.7 Å². The van der Waals surface area contributed by atoms with Crippen molar-refractivity contribution >= 4 is 11.6 Å². The van der Waals surface area contributed by atoms with E-state index in [1.807, 2.05) is 17.2 Å². The van der Waals surface area contributed by atoms with Crippen LogP contribution >= 0.6 is 0 Å². The van der Waals surface area contributed by atoms with Gasteiger partial charge < -0.3 is 10.2 Å². The molecular weight excluding hydrogens is 466 g/mol. The number of ketones is 2. The van der Waals surface area contributed by atoms with Crippen LogP contribution < -0.4 is 0 Å². The van der Waals surface area contributed by atoms with Crippen molar-refractivity contribution in [2.75, 3.05) is 19.7 Å². The molecule has 1 aromatic rings. The van der Waals surface area contributed by atoms with E-state index in [0.717, 1.165) is 44.2 Å². The van der Waals surface area contributed by atoms with Gasteiger partial charge in [0.25, 0.3) is 0 Å². The number of benzene rings is 1. The van der Waals surface area contributed by atoms with Gasteiger partial charge in [-0.05, 0) is 68.1 Å². The Balaban J connectivity index is 1.27. The molecule has 198 valence electrons. The number of allylic oxidation sites excluding steroid dienone is 4. The van der Waals surface area contributed by atoms with E-state index in [0.29, 0.717) is 13.0 Å². The minimum Gasteiger partial charge on any atom is -0.393 e. The molecule has 37 heavy (non-hydrogen) atoms. The topological polar surface area (TPSA) is 87.1 Å². The van der Waals surface area contributed by atoms with E-state index in [9.17, 15) is 19.8 Å². The number of nitrogens with zero attached hydrogens (tertiary/aromatic N) is 1. The molecule has 0 amide bonds. The molecule has 4 fully saturated rings. The molecule has 2 N–H and O–H groups in total. The van der Waals surface area contributed by atoms with E-state index in [1.165, 1.54) is 5.56 Å². The number of aliphatic hydroxyl groups excluding tert-OH is 2. The molecule has 3 saturated carbocycles. The van der Waals surface area contributed by atoms with E-state index in [1.54, 1.807) is 12.2 Å². The van der Waals surface area contributed by atoms with Crippen LogP contribution in [0.3, 0.4) is 0 Å². The first kappa shape index (κ1) is 25.2. The molecule has 8 atom stereocenters. The van der Waals surface area contributed by atoms with Crippen LogP contribution in [0.1, 0.15) is 51.5 Å². The van der Waals surface area contributed by atoms with Crippen LogP contribution in [0.15, 0.2) is 54.1 Å². The number of hydrogen-bond donors (Lipinski definition) is 2. The third-order valence-corrected chi connectivity index (χ3v) is 10.8. The Kier molecular flexibility index (Phi) is 6.11. The molecule has 1 saturated heterocycles. The average Bonchev–Trinajstić information content (AvgIpc) is 3.36. The van der Waals surface area contributed by atoms with E-state index in [4.69, 9.17) is 4.84 Å². The van der Waals surface area contributed by atoms with Crippen LogP contribution in [0.5, 0.6) is 0 Å². The average molecular weight is 506 g/mol. The molecule has 1 aromatic carbocycles. The number of fused-ring (bicyclic) bond motifs is 7. The lowest BCUT2D eigenvalue weighted by Gasteiger charge is -2.59. The van der Waals surface area contributed by atoms with Gasteiger partial charge in [0.1, 0.15) is 6.61 Å². The summed E-state index contributed by atoms with van der Waals surface area (Å²) in [7, 11) is 0. The maximum atomic E-state index is 13.6. The molecule has 6 heteroatoms. The summed E-state index contributed by atoms with van der Waals surface area (Å²) < 4.78 is 0. The van der Waals surface area contributed by atoms with Gasteiger partial charge >= 0.3 is 0 Å². The number of hydrogen-bond acceptors (Lipinski definition) is 6. The fraction of sp³-hybridized carbons (Fsp3) is 0.613. The normalized spacial score (nSPS) is 42.5. The van der Waals surface area contributed by atoms with Crippen molar-refractivity contribution in [1.29, 1.82) is 0 Å². The first-order valence-electron chi connectivity index (χ1n) is 14.0. The first-order valence-corrected chi connectivity index (χ1v) is 14.0. The number of Topliss-reactive ketones (excluding diaryl/α,β-unsaturated/α-hetero) is 1. The summed E-state index contributed by atoms with van der Waals surface area (Å²) in [4.78, 5) is 32.3. The van der Waals surface area contributed by atoms with Crippen LogP contribution in [0, 0.1) is 34.5 Å². The number of hydroxylamine groups is 2. The lowest BCUT2D eigenvalue weighted by molar-refractivity contribution is -0.251. The molecule has 6 nitrogen and oxygen atoms in total. The predicted octanol–water partition coefficient (Wildman–Crippen LogP) is 3.67. The predicted molar refractivity (Wildman–Crippen MR) is 139 cm³/mol. The SMILES string of the molecule is C[C@]12C=CC(=O)C=C1CC[C@@H]1[C@@H]2[C@@H](O)C[C@@]2(C)[C@H]1C[C@H]1CN(CCCc3ccccc3)O[C@]12C(=O)CO. The quantitative estimate of drug-likeness (QED) is 0.614. The van der Waals surface area contributed by atoms with Crippen molar-refractivity contribution in [1.82, 2.24) is 5.06 Å². The Hall–Kier alpha value is -2.12. The second-order valence-corrected chi connectivity index (χ2v) is 12.5. The van der Waals surface area contributed by atoms with Crippen LogP contribution in [-0.2, 0) is 20.8 Å². The van der Waals surface area contributed by atoms with Crippen molar-refractivity contribution in [2.45, 2.75) is 64.1 Å². The molecule has 1 aliphatic heterocycles. The van der Waals surface area contributed by atoms with Gasteiger partial charge in [-0.15, -0.1) is 0 Å². The zero-order valence-corrected chi connectivity index (χ0v) is 21.9. The minimum atomic E-state index is -1.10. The molecule has 0 spiro atoms. The molecule has 1 heterocycles. The third-order valence-electron chi connectivity index (χ3n) is 10.8. The monoisotopic (exact) mass is 505 g/mol. The standard InChI is InChI=1S/C31H39NO5/c1-29-13-12-23(34)15-21(29)10-11-24-25-16-22-18-32(14-6-9-20-7-4-3-5-8-20)37-31(22,27(36)19-33)30(25,2)17-26(35)28(24)29/h3-5,7-8,12-13,15,22,24-26,28,33,35H,6,9-11,14,16-19H2,1-2H3/t22-,24-,25-,26-,28+,29-,30-,31-/m0/s1. The zero-order chi connectivity index (χ0) is 26.0. The maximum absolute atomic E-state index is 13.6. The molecule has 0 unspecified atom stereocenters. The summed E-state index contributed by atoms with van der Waals surface area (Å²) in [5.74, 6) is 0.249. The first-order chi connectivity index (χ1) is 17.7. The van der Waals surface area contributed by atoms with Gasteiger partial charge in [0.05, 0.1) is 6.10 Å². The molecule has 5 aliphatic rings. The summed E-state index contributed by atoms with van der Waals surface area (Å²) in [6.07, 6.45) is 9.76. The van der Waals surface area contributed by atoms with Gasteiger partial charge in [-0.2, -0.15) is 5.06 Å². The molecule has 6 rings (SSSR count). The summed E-state index contributed by atoms with van der Waals surface area (Å²) in [5, 5.41) is 23.8. The Labute approximate surface area is 219 Å². The van der Waals surface area contributed by atoms with E-state index >= 15 is 0 Å². The third kappa shape index (κ3) is 3.59. The summed E-state index contributed by atoms with van der Waals surface area (Å²) in [6, 6.07) is 10.4. The van der Waals surface area contributed by atoms with Crippen LogP contribution in [0.4, 0.5) is 0 Å². The molecule has 0 radical (unpaired) electrons. The number of aliphatic hydroxyl groups is 2. The highest BCUT2D eigenvalue weighted by molar-refractivity contribution is 6.01. The van der Waals surface area contributed by atoms with Crippen molar-refractivity contribution in [3.05, 3.63) is 59.7 Å². The summed E-state index contributed by atoms with van der Waals surface area (Å²) in [5.41, 5.74) is 0.421. The van der Waals surface area contributed by atoms with Crippen molar-refractivity contribution in [3.8, 4) is 0 Å². The molecule has 0 aromatic heterocycles. The molecular formula is C31H39NO5. The number of carbonyl (C=O) groups excluding carboxylic acids is 2. The Morgan fingerprint density at radius 2 is 2.00 bits per heavy atom. The van der Waals surface area contributed by atoms with E-state index in [-0.39, 0.29) is 40.7 Å². The highest BCUT2D eigenvalue weighted by atomic mass is 16.7. The lowest BCUT2D eigenvalue weighted by Crippen LogP contribution is -2.63. The van der Waals surface area contributed by atoms with Gasteiger partial charge in [0.15, 0.2) is 17.2 Å². The Bertz CT molecular complexity index is 1150. The fourth-order valence-electron chi connectivity index (χ4n) is 9.30. The zero-order valence-electron chi connectivity index (χ0n) is 21.9. The lowest BCUT2D eigenvalue weighted by atomic mass is 9.46. The molecule has 4 aliphatic carbocycles. The second kappa shape index (κ2) is 8.98. The Morgan fingerprint density at radius 3 is 2.76 bits per heavy atom. The van der Waals surface area contributed by atoms with Crippen molar-refractivity contribution < 1.29 is 24.6 Å². The summed E-state index contributed by atoms with van der Waals surface area (Å²) >= 11 is 0. The summed E-state index contributed by atoms with van der Waals surface area (Å²) in [6.45, 7) is 5.16. The Morgan fingerprint density at radius 1 is 1.22 bits per heavy atom. The van der Waals surface area contributed by atoms with Crippen LogP contribution in [0.25, 0.3) is 0 Å². The number of rotatable bonds is 6. The highest BCUT2D eigenvalue weighted by Crippen LogP contribution is 2.70. The van der Waals surface area contributed by atoms with Crippen LogP contribution in [-0.4, -0.2) is 58.2 Å². The minimum absolute atomic E-state index is 0.00181.